The Morgan fingerprint density at radius 1 is 1.09 bits per heavy atom. The Bertz CT molecular complexity index is 1770. The minimum atomic E-state index is -4.51. The molecule has 0 unspecified atom stereocenters. The maximum Gasteiger partial charge on any atom is 0.410 e. The molecule has 0 radical (unpaired) electrons. The lowest BCUT2D eigenvalue weighted by molar-refractivity contribution is 0.0231. The molecule has 0 aliphatic carbocycles. The van der Waals surface area contributed by atoms with Gasteiger partial charge in [-0.25, -0.2) is 26.9 Å². The molecule has 0 fully saturated rings. The van der Waals surface area contributed by atoms with Crippen LogP contribution in [-0.2, 0) is 27.7 Å². The number of halogens is 2. The Hall–Kier alpha value is -4.07. The molecule has 1 heterocycles. The maximum absolute atomic E-state index is 15.8. The Morgan fingerprint density at radius 3 is 2.43 bits per heavy atom. The third-order valence-electron chi connectivity index (χ3n) is 7.10. The molecule has 47 heavy (non-hydrogen) atoms. The molecule has 0 aliphatic heterocycles. The molecule has 3 aromatic carbocycles. The minimum absolute atomic E-state index is 0.0236. The molecule has 252 valence electrons. The third kappa shape index (κ3) is 9.05. The zero-order valence-electron chi connectivity index (χ0n) is 27.0. The van der Waals surface area contributed by atoms with Crippen LogP contribution in [0.4, 0.5) is 20.0 Å². The fourth-order valence-electron chi connectivity index (χ4n) is 4.66. The lowest BCUT2D eigenvalue weighted by atomic mass is 10.0. The van der Waals surface area contributed by atoms with Gasteiger partial charge in [-0.05, 0) is 57.0 Å². The number of sulfonamides is 1. The van der Waals surface area contributed by atoms with E-state index in [1.807, 2.05) is 30.3 Å². The fourth-order valence-corrected chi connectivity index (χ4v) is 7.29. The van der Waals surface area contributed by atoms with Gasteiger partial charge in [0.15, 0.2) is 5.13 Å². The number of anilines is 2. The van der Waals surface area contributed by atoms with Gasteiger partial charge in [0.05, 0.1) is 37.5 Å². The van der Waals surface area contributed by atoms with Gasteiger partial charge in [0.2, 0.25) is 0 Å². The van der Waals surface area contributed by atoms with Crippen molar-refractivity contribution < 1.29 is 31.8 Å². The SMILES string of the molecule is COc1ccc(CN(c2nccs2)S(=O)(=O)c2cc(Cl)c(NC[C@H](Cc3ccccc3)N(C)C(=O)OC(C)(C)C)cc2F)c(OC)c1. The van der Waals surface area contributed by atoms with Gasteiger partial charge in [0.1, 0.15) is 27.8 Å². The van der Waals surface area contributed by atoms with E-state index < -0.39 is 38.5 Å². The van der Waals surface area contributed by atoms with Crippen molar-refractivity contribution in [1.29, 1.82) is 0 Å². The van der Waals surface area contributed by atoms with Crippen molar-refractivity contribution in [2.24, 2.45) is 0 Å². The van der Waals surface area contributed by atoms with Crippen molar-refractivity contribution in [2.75, 3.05) is 37.4 Å². The van der Waals surface area contributed by atoms with Crippen LogP contribution >= 0.6 is 22.9 Å². The van der Waals surface area contributed by atoms with Crippen LogP contribution < -0.4 is 19.1 Å². The highest BCUT2D eigenvalue weighted by Gasteiger charge is 2.32. The van der Waals surface area contributed by atoms with Crippen LogP contribution in [0.5, 0.6) is 11.5 Å². The summed E-state index contributed by atoms with van der Waals surface area (Å²) in [6.45, 7) is 5.32. The molecule has 0 aliphatic rings. The number of hydrogen-bond donors (Lipinski definition) is 1. The van der Waals surface area contributed by atoms with Gasteiger partial charge < -0.3 is 24.4 Å². The molecule has 10 nitrogen and oxygen atoms in total. The molecule has 0 saturated heterocycles. The van der Waals surface area contributed by atoms with Crippen LogP contribution in [-0.4, -0.2) is 63.8 Å². The zero-order chi connectivity index (χ0) is 34.4. The standard InChI is InChI=1S/C33H38ClFN4O6S2/c1-33(2,3)45-32(40)38(4)24(16-22-10-8-7-9-11-22)20-37-28-19-27(35)30(18-26(28)34)47(41,42)39(31-36-14-15-46-31)21-23-12-13-25(43-5)17-29(23)44-6/h7-15,17-19,24,37H,16,20-21H2,1-6H3/t24-/m0/s1. The van der Waals surface area contributed by atoms with Gasteiger partial charge in [-0.3, -0.25) is 0 Å². The van der Waals surface area contributed by atoms with E-state index in [9.17, 15) is 13.2 Å². The number of nitrogens with one attached hydrogen (secondary N) is 1. The van der Waals surface area contributed by atoms with Crippen LogP contribution in [0.25, 0.3) is 0 Å². The first-order valence-electron chi connectivity index (χ1n) is 14.6. The number of methoxy groups -OCH3 is 2. The van der Waals surface area contributed by atoms with E-state index in [0.29, 0.717) is 23.5 Å². The van der Waals surface area contributed by atoms with Gasteiger partial charge in [-0.1, -0.05) is 41.9 Å². The monoisotopic (exact) mass is 704 g/mol. The van der Waals surface area contributed by atoms with Gasteiger partial charge in [-0.2, -0.15) is 0 Å². The molecule has 1 amide bonds. The summed E-state index contributed by atoms with van der Waals surface area (Å²) in [7, 11) is 0.0903. The van der Waals surface area contributed by atoms with Crippen molar-refractivity contribution in [3.8, 4) is 11.5 Å². The highest BCUT2D eigenvalue weighted by molar-refractivity contribution is 7.93. The molecule has 0 bridgehead atoms. The molecule has 4 rings (SSSR count). The largest absolute Gasteiger partial charge is 0.497 e. The van der Waals surface area contributed by atoms with E-state index in [1.54, 1.807) is 51.4 Å². The Kier molecular flexibility index (Phi) is 11.6. The first-order valence-corrected chi connectivity index (χ1v) is 17.3. The highest BCUT2D eigenvalue weighted by Crippen LogP contribution is 2.35. The average molecular weight is 705 g/mol. The van der Waals surface area contributed by atoms with Crippen molar-refractivity contribution in [2.45, 2.75) is 50.3 Å². The zero-order valence-corrected chi connectivity index (χ0v) is 29.4. The van der Waals surface area contributed by atoms with Crippen molar-refractivity contribution in [3.05, 3.63) is 94.2 Å². The summed E-state index contributed by atoms with van der Waals surface area (Å²) in [5.41, 5.74) is 0.950. The van der Waals surface area contributed by atoms with E-state index in [2.05, 4.69) is 10.3 Å². The number of carbonyl (C=O) groups excluding carboxylic acids is 1. The smallest absolute Gasteiger partial charge is 0.410 e. The van der Waals surface area contributed by atoms with Crippen molar-refractivity contribution in [3.63, 3.8) is 0 Å². The number of aromatic nitrogens is 1. The topological polar surface area (TPSA) is 110 Å². The first kappa shape index (κ1) is 35.8. The number of likely N-dealkylation sites (N-methyl/N-ethyl adjacent to an activating group) is 1. The second kappa shape index (κ2) is 15.2. The van der Waals surface area contributed by atoms with Crippen LogP contribution in [0.3, 0.4) is 0 Å². The summed E-state index contributed by atoms with van der Waals surface area (Å²) in [4.78, 5) is 18.0. The number of thiazole rings is 1. The van der Waals surface area contributed by atoms with E-state index in [-0.39, 0.29) is 28.9 Å². The third-order valence-corrected chi connectivity index (χ3v) is 10.1. The normalized spacial score (nSPS) is 12.3. The van der Waals surface area contributed by atoms with Gasteiger partial charge in [0.25, 0.3) is 10.0 Å². The van der Waals surface area contributed by atoms with Crippen LogP contribution in [0.2, 0.25) is 5.02 Å². The number of benzene rings is 3. The van der Waals surface area contributed by atoms with E-state index >= 15 is 4.39 Å². The second-order valence-corrected chi connectivity index (χ2v) is 14.7. The summed E-state index contributed by atoms with van der Waals surface area (Å²) < 4.78 is 61.2. The molecular weight excluding hydrogens is 667 g/mol. The number of hydrogen-bond acceptors (Lipinski definition) is 9. The molecule has 1 atom stereocenters. The summed E-state index contributed by atoms with van der Waals surface area (Å²) in [6, 6.07) is 16.3. The Balaban J connectivity index is 1.62. The quantitative estimate of drug-likeness (QED) is 0.155. The van der Waals surface area contributed by atoms with Gasteiger partial charge in [-0.15, -0.1) is 11.3 Å². The van der Waals surface area contributed by atoms with Gasteiger partial charge in [0, 0.05) is 36.8 Å². The summed E-state index contributed by atoms with van der Waals surface area (Å²) in [6.07, 6.45) is 1.41. The van der Waals surface area contributed by atoms with E-state index in [4.69, 9.17) is 25.8 Å². The predicted molar refractivity (Wildman–Crippen MR) is 183 cm³/mol. The summed E-state index contributed by atoms with van der Waals surface area (Å²) >= 11 is 7.67. The molecular formula is C33H38ClFN4O6S2. The molecule has 14 heteroatoms. The number of nitrogens with zero attached hydrogens (tertiary/aromatic N) is 3. The number of rotatable bonds is 13. The lowest BCUT2D eigenvalue weighted by Crippen LogP contribution is -2.45. The molecule has 1 aromatic heterocycles. The van der Waals surface area contributed by atoms with Crippen molar-refractivity contribution >= 4 is 49.9 Å². The number of amides is 1. The second-order valence-electron chi connectivity index (χ2n) is 11.6. The van der Waals surface area contributed by atoms with E-state index in [1.165, 1.54) is 25.3 Å². The summed E-state index contributed by atoms with van der Waals surface area (Å²) in [5.74, 6) is -0.0979. The van der Waals surface area contributed by atoms with Crippen LogP contribution in [0, 0.1) is 5.82 Å². The Labute approximate surface area is 284 Å². The van der Waals surface area contributed by atoms with Crippen LogP contribution in [0.1, 0.15) is 31.9 Å². The minimum Gasteiger partial charge on any atom is -0.497 e. The number of ether oxygens (including phenoxy) is 3. The molecule has 1 N–H and O–H groups in total. The first-order chi connectivity index (χ1) is 22.2. The van der Waals surface area contributed by atoms with Crippen LogP contribution in [0.15, 0.2) is 77.1 Å². The lowest BCUT2D eigenvalue weighted by Gasteiger charge is -2.31. The predicted octanol–water partition coefficient (Wildman–Crippen LogP) is 7.24. The van der Waals surface area contributed by atoms with Gasteiger partial charge >= 0.3 is 6.09 Å². The molecule has 0 spiro atoms. The van der Waals surface area contributed by atoms with E-state index in [0.717, 1.165) is 33.3 Å². The number of carbonyl (C=O) groups is 1. The maximum atomic E-state index is 15.8. The summed E-state index contributed by atoms with van der Waals surface area (Å²) in [5, 5.41) is 4.84. The van der Waals surface area contributed by atoms with Crippen molar-refractivity contribution in [1.82, 2.24) is 9.88 Å². The average Bonchev–Trinajstić information content (AvgIpc) is 3.56. The fraction of sp³-hybridized carbons (Fsp3) is 0.333. The Morgan fingerprint density at radius 2 is 1.81 bits per heavy atom. The molecule has 0 saturated carbocycles. The highest BCUT2D eigenvalue weighted by atomic mass is 35.5. The molecule has 4 aromatic rings.